The average molecular weight is 213 g/mol. The highest BCUT2D eigenvalue weighted by atomic mass is 16.2. The molecule has 0 spiro atoms. The summed E-state index contributed by atoms with van der Waals surface area (Å²) in [5.41, 5.74) is 0. The fourth-order valence-corrected chi connectivity index (χ4v) is 1.80. The first-order chi connectivity index (χ1) is 7.09. The van der Waals surface area contributed by atoms with Crippen molar-refractivity contribution in [3.8, 4) is 0 Å². The van der Waals surface area contributed by atoms with Crippen LogP contribution in [0.2, 0.25) is 0 Å². The van der Waals surface area contributed by atoms with Crippen LogP contribution in [0, 0.1) is 5.92 Å². The van der Waals surface area contributed by atoms with Crippen molar-refractivity contribution in [3.05, 3.63) is 0 Å². The number of hydrogen-bond donors (Lipinski definition) is 2. The normalized spacial score (nSPS) is 20.7. The Morgan fingerprint density at radius 1 is 1.60 bits per heavy atom. The molecule has 1 rings (SSSR count). The molecule has 0 aromatic rings. The largest absolute Gasteiger partial charge is 0.336 e. The molecular weight excluding hydrogens is 190 g/mol. The van der Waals surface area contributed by atoms with Crippen molar-refractivity contribution in [2.75, 3.05) is 26.7 Å². The van der Waals surface area contributed by atoms with Crippen LogP contribution in [0.3, 0.4) is 0 Å². The molecule has 1 fully saturated rings. The number of carbonyl (C=O) groups excluding carboxylic acids is 1. The van der Waals surface area contributed by atoms with Gasteiger partial charge in [-0.25, -0.2) is 4.79 Å². The first-order valence-electron chi connectivity index (χ1n) is 5.82. The molecule has 0 radical (unpaired) electrons. The van der Waals surface area contributed by atoms with Gasteiger partial charge in [0, 0.05) is 19.6 Å². The van der Waals surface area contributed by atoms with E-state index in [0.717, 1.165) is 32.0 Å². The number of nitrogens with zero attached hydrogens (tertiary/aromatic N) is 1. The number of carbonyl (C=O) groups is 1. The van der Waals surface area contributed by atoms with Crippen molar-refractivity contribution in [2.45, 2.75) is 32.7 Å². The summed E-state index contributed by atoms with van der Waals surface area (Å²) in [5, 5.41) is 6.23. The molecule has 0 aliphatic carbocycles. The zero-order valence-electron chi connectivity index (χ0n) is 10.0. The summed E-state index contributed by atoms with van der Waals surface area (Å²) in [6, 6.07) is 0.254. The predicted molar refractivity (Wildman–Crippen MR) is 61.9 cm³/mol. The lowest BCUT2D eigenvalue weighted by atomic mass is 10.1. The average Bonchev–Trinajstić information content (AvgIpc) is 2.65. The Morgan fingerprint density at radius 3 is 2.87 bits per heavy atom. The third-order valence-corrected chi connectivity index (χ3v) is 2.79. The quantitative estimate of drug-likeness (QED) is 0.733. The van der Waals surface area contributed by atoms with E-state index in [9.17, 15) is 4.79 Å². The highest BCUT2D eigenvalue weighted by Crippen LogP contribution is 2.12. The van der Waals surface area contributed by atoms with Crippen molar-refractivity contribution in [1.29, 1.82) is 0 Å². The van der Waals surface area contributed by atoms with Crippen LogP contribution < -0.4 is 10.6 Å². The van der Waals surface area contributed by atoms with Gasteiger partial charge in [-0.1, -0.05) is 0 Å². The third-order valence-electron chi connectivity index (χ3n) is 2.79. The number of hydrogen-bond acceptors (Lipinski definition) is 2. The molecule has 0 aromatic heterocycles. The van der Waals surface area contributed by atoms with E-state index in [1.54, 1.807) is 4.90 Å². The molecule has 1 atom stereocenters. The number of amides is 2. The van der Waals surface area contributed by atoms with Crippen LogP contribution >= 0.6 is 0 Å². The maximum Gasteiger partial charge on any atom is 0.317 e. The maximum atomic E-state index is 11.6. The fraction of sp³-hybridized carbons (Fsp3) is 0.909. The molecule has 88 valence electrons. The van der Waals surface area contributed by atoms with Crippen LogP contribution in [0.25, 0.3) is 0 Å². The van der Waals surface area contributed by atoms with Gasteiger partial charge in [0.05, 0.1) is 0 Å². The number of urea groups is 1. The molecule has 1 aliphatic heterocycles. The van der Waals surface area contributed by atoms with E-state index in [0.29, 0.717) is 0 Å². The zero-order valence-corrected chi connectivity index (χ0v) is 10.0. The number of rotatable bonds is 4. The Labute approximate surface area is 92.4 Å². The van der Waals surface area contributed by atoms with Gasteiger partial charge in [0.15, 0.2) is 0 Å². The van der Waals surface area contributed by atoms with Gasteiger partial charge in [0.25, 0.3) is 0 Å². The second-order valence-electron chi connectivity index (χ2n) is 4.67. The molecule has 4 nitrogen and oxygen atoms in total. The van der Waals surface area contributed by atoms with Gasteiger partial charge in [-0.15, -0.1) is 0 Å². The van der Waals surface area contributed by atoms with Gasteiger partial charge in [-0.2, -0.15) is 0 Å². The van der Waals surface area contributed by atoms with Crippen LogP contribution in [0.4, 0.5) is 4.79 Å². The molecule has 2 N–H and O–H groups in total. The van der Waals surface area contributed by atoms with Crippen molar-refractivity contribution >= 4 is 6.03 Å². The van der Waals surface area contributed by atoms with Crippen LogP contribution in [-0.4, -0.2) is 43.7 Å². The van der Waals surface area contributed by atoms with Crippen molar-refractivity contribution in [3.63, 3.8) is 0 Å². The minimum atomic E-state index is 0.0379. The summed E-state index contributed by atoms with van der Waals surface area (Å²) in [7, 11) is 1.86. The Hall–Kier alpha value is -0.770. The molecule has 0 saturated carbocycles. The molecule has 1 heterocycles. The van der Waals surface area contributed by atoms with E-state index in [-0.39, 0.29) is 12.1 Å². The predicted octanol–water partition coefficient (Wildman–Crippen LogP) is 1.04. The first-order valence-corrected chi connectivity index (χ1v) is 5.82. The number of nitrogens with one attached hydrogen (secondary N) is 2. The standard InChI is InChI=1S/C11H23N3O/c1-9(2)13-11(15)14(3)7-5-10-4-6-12-8-10/h9-10,12H,4-8H2,1-3H3,(H,13,15). The monoisotopic (exact) mass is 213 g/mol. The minimum Gasteiger partial charge on any atom is -0.336 e. The Bertz CT molecular complexity index is 200. The lowest BCUT2D eigenvalue weighted by Gasteiger charge is -2.21. The van der Waals surface area contributed by atoms with Crippen LogP contribution in [0.15, 0.2) is 0 Å². The van der Waals surface area contributed by atoms with Gasteiger partial charge < -0.3 is 15.5 Å². The summed E-state index contributed by atoms with van der Waals surface area (Å²) in [6.07, 6.45) is 2.36. The van der Waals surface area contributed by atoms with Crippen molar-refractivity contribution in [2.24, 2.45) is 5.92 Å². The van der Waals surface area contributed by atoms with Crippen LogP contribution in [-0.2, 0) is 0 Å². The summed E-state index contributed by atoms with van der Waals surface area (Å²) >= 11 is 0. The van der Waals surface area contributed by atoms with E-state index in [1.807, 2.05) is 20.9 Å². The van der Waals surface area contributed by atoms with Gasteiger partial charge in [-0.3, -0.25) is 0 Å². The Kier molecular flexibility index (Phi) is 4.88. The van der Waals surface area contributed by atoms with Crippen molar-refractivity contribution < 1.29 is 4.79 Å². The summed E-state index contributed by atoms with van der Waals surface area (Å²) in [4.78, 5) is 13.3. The van der Waals surface area contributed by atoms with E-state index < -0.39 is 0 Å². The van der Waals surface area contributed by atoms with E-state index in [2.05, 4.69) is 10.6 Å². The Morgan fingerprint density at radius 2 is 2.33 bits per heavy atom. The van der Waals surface area contributed by atoms with Gasteiger partial charge in [0.2, 0.25) is 0 Å². The second-order valence-corrected chi connectivity index (χ2v) is 4.67. The van der Waals surface area contributed by atoms with Crippen molar-refractivity contribution in [1.82, 2.24) is 15.5 Å². The van der Waals surface area contributed by atoms with Gasteiger partial charge in [0.1, 0.15) is 0 Å². The smallest absolute Gasteiger partial charge is 0.317 e. The fourth-order valence-electron chi connectivity index (χ4n) is 1.80. The third kappa shape index (κ3) is 4.51. The molecule has 1 unspecified atom stereocenters. The van der Waals surface area contributed by atoms with E-state index >= 15 is 0 Å². The molecule has 0 bridgehead atoms. The molecular formula is C11H23N3O. The van der Waals surface area contributed by atoms with E-state index in [4.69, 9.17) is 0 Å². The Balaban J connectivity index is 2.16. The summed E-state index contributed by atoms with van der Waals surface area (Å²) in [5.74, 6) is 0.749. The highest BCUT2D eigenvalue weighted by Gasteiger charge is 2.16. The van der Waals surface area contributed by atoms with E-state index in [1.165, 1.54) is 6.42 Å². The first kappa shape index (κ1) is 12.3. The molecule has 0 aromatic carbocycles. The van der Waals surface area contributed by atoms with Crippen LogP contribution in [0.5, 0.6) is 0 Å². The molecule has 15 heavy (non-hydrogen) atoms. The molecule has 2 amide bonds. The second kappa shape index (κ2) is 5.95. The summed E-state index contributed by atoms with van der Waals surface area (Å²) in [6.45, 7) is 7.05. The molecule has 1 aliphatic rings. The molecule has 1 saturated heterocycles. The molecule has 4 heteroatoms. The highest BCUT2D eigenvalue weighted by molar-refractivity contribution is 5.74. The van der Waals surface area contributed by atoms with Gasteiger partial charge in [-0.05, 0) is 45.7 Å². The lowest BCUT2D eigenvalue weighted by Crippen LogP contribution is -2.41. The zero-order chi connectivity index (χ0) is 11.3. The maximum absolute atomic E-state index is 11.6. The lowest BCUT2D eigenvalue weighted by molar-refractivity contribution is 0.203. The van der Waals surface area contributed by atoms with Crippen LogP contribution in [0.1, 0.15) is 26.7 Å². The minimum absolute atomic E-state index is 0.0379. The topological polar surface area (TPSA) is 44.4 Å². The SMILES string of the molecule is CC(C)NC(=O)N(C)CCC1CCNC1. The van der Waals surface area contributed by atoms with Gasteiger partial charge >= 0.3 is 6.03 Å². The summed E-state index contributed by atoms with van der Waals surface area (Å²) < 4.78 is 0.